The van der Waals surface area contributed by atoms with E-state index in [0.717, 1.165) is 23.6 Å². The topological polar surface area (TPSA) is 45.9 Å². The average molecular weight is 176 g/mol. The van der Waals surface area contributed by atoms with Crippen molar-refractivity contribution < 1.29 is 4.74 Å². The van der Waals surface area contributed by atoms with Crippen LogP contribution in [0.3, 0.4) is 0 Å². The molecule has 0 aromatic carbocycles. The highest BCUT2D eigenvalue weighted by Gasteiger charge is 2.02. The maximum absolute atomic E-state index is 8.35. The highest BCUT2D eigenvalue weighted by atomic mass is 16.5. The number of nitriles is 1. The highest BCUT2D eigenvalue weighted by molar-refractivity contribution is 5.29. The van der Waals surface area contributed by atoms with Crippen LogP contribution >= 0.6 is 0 Å². The van der Waals surface area contributed by atoms with Gasteiger partial charge in [-0.2, -0.15) is 5.26 Å². The van der Waals surface area contributed by atoms with E-state index in [4.69, 9.17) is 10.00 Å². The molecule has 0 amide bonds. The number of pyridine rings is 1. The minimum Gasteiger partial charge on any atom is -0.477 e. The third kappa shape index (κ3) is 2.45. The van der Waals surface area contributed by atoms with Crippen LogP contribution < -0.4 is 4.74 Å². The zero-order valence-corrected chi connectivity index (χ0v) is 7.87. The molecular formula is C10H12N2O. The molecule has 68 valence electrons. The van der Waals surface area contributed by atoms with Crippen molar-refractivity contribution >= 4 is 0 Å². The van der Waals surface area contributed by atoms with Crippen LogP contribution in [0, 0.1) is 18.3 Å². The van der Waals surface area contributed by atoms with Gasteiger partial charge in [-0.1, -0.05) is 6.92 Å². The largest absolute Gasteiger partial charge is 0.477 e. The second kappa shape index (κ2) is 4.46. The summed E-state index contributed by atoms with van der Waals surface area (Å²) in [5, 5.41) is 8.35. The Morgan fingerprint density at radius 3 is 2.92 bits per heavy atom. The molecule has 0 aliphatic heterocycles. The number of hydrogen-bond donors (Lipinski definition) is 0. The molecule has 0 radical (unpaired) electrons. The summed E-state index contributed by atoms with van der Waals surface area (Å²) in [6.45, 7) is 4.03. The molecule has 1 rings (SSSR count). The summed E-state index contributed by atoms with van der Waals surface area (Å²) in [6, 6.07) is 5.67. The zero-order valence-electron chi connectivity index (χ0n) is 7.87. The summed E-state index contributed by atoms with van der Waals surface area (Å²) in [5.41, 5.74) is 1.89. The quantitative estimate of drug-likeness (QED) is 0.706. The third-order valence-electron chi connectivity index (χ3n) is 1.70. The van der Waals surface area contributed by atoms with E-state index >= 15 is 0 Å². The molecule has 0 saturated carbocycles. The van der Waals surface area contributed by atoms with Crippen molar-refractivity contribution in [3.63, 3.8) is 0 Å². The number of ether oxygens (including phenoxy) is 1. The lowest BCUT2D eigenvalue weighted by Gasteiger charge is -2.06. The molecule has 0 unspecified atom stereocenters. The van der Waals surface area contributed by atoms with Gasteiger partial charge in [-0.25, -0.2) is 0 Å². The Labute approximate surface area is 78.0 Å². The van der Waals surface area contributed by atoms with Crippen molar-refractivity contribution in [1.29, 1.82) is 5.26 Å². The summed E-state index contributed by atoms with van der Waals surface area (Å²) < 4.78 is 5.21. The van der Waals surface area contributed by atoms with Crippen molar-refractivity contribution in [2.24, 2.45) is 0 Å². The fourth-order valence-corrected chi connectivity index (χ4v) is 1.09. The summed E-state index contributed by atoms with van der Waals surface area (Å²) in [4.78, 5) is 4.31. The first kappa shape index (κ1) is 9.53. The van der Waals surface area contributed by atoms with E-state index < -0.39 is 0 Å². The Morgan fingerprint density at radius 2 is 2.31 bits per heavy atom. The van der Waals surface area contributed by atoms with Crippen LogP contribution in [0.25, 0.3) is 0 Å². The number of rotatable bonds is 3. The summed E-state index contributed by atoms with van der Waals surface area (Å²) in [5.74, 6) is 0.717. The molecule has 0 spiro atoms. The van der Waals surface area contributed by atoms with Gasteiger partial charge < -0.3 is 4.74 Å². The van der Waals surface area contributed by atoms with Crippen LogP contribution in [-0.4, -0.2) is 11.6 Å². The van der Waals surface area contributed by atoms with E-state index in [2.05, 4.69) is 4.98 Å². The van der Waals surface area contributed by atoms with Crippen molar-refractivity contribution in [3.05, 3.63) is 23.5 Å². The molecule has 0 aliphatic carbocycles. The van der Waals surface area contributed by atoms with Gasteiger partial charge in [0.25, 0.3) is 0 Å². The minimum absolute atomic E-state index is 0.0811. The first-order chi connectivity index (χ1) is 6.27. The van der Waals surface area contributed by atoms with Crippen molar-refractivity contribution in [1.82, 2.24) is 4.98 Å². The van der Waals surface area contributed by atoms with Crippen LogP contribution in [0.5, 0.6) is 5.75 Å². The lowest BCUT2D eigenvalue weighted by atomic mass is 10.2. The van der Waals surface area contributed by atoms with Crippen molar-refractivity contribution in [3.8, 4) is 11.8 Å². The maximum atomic E-state index is 8.35. The minimum atomic E-state index is 0.0811. The molecule has 3 heteroatoms. The van der Waals surface area contributed by atoms with Crippen LogP contribution in [-0.2, 0) is 6.42 Å². The Bertz CT molecular complexity index is 328. The molecule has 0 atom stereocenters. The van der Waals surface area contributed by atoms with E-state index in [1.165, 1.54) is 0 Å². The SMILES string of the molecule is CCc1nc(C)ccc1OCC#N. The lowest BCUT2D eigenvalue weighted by Crippen LogP contribution is -2.00. The Hall–Kier alpha value is -1.56. The predicted octanol–water partition coefficient (Wildman–Crippen LogP) is 1.85. The lowest BCUT2D eigenvalue weighted by molar-refractivity contribution is 0.362. The fraction of sp³-hybridized carbons (Fsp3) is 0.400. The molecule has 1 aromatic heterocycles. The van der Waals surface area contributed by atoms with E-state index in [0.29, 0.717) is 0 Å². The van der Waals surface area contributed by atoms with E-state index in [1.54, 1.807) is 0 Å². The van der Waals surface area contributed by atoms with Gasteiger partial charge in [0.2, 0.25) is 0 Å². The number of aryl methyl sites for hydroxylation is 2. The fourth-order valence-electron chi connectivity index (χ4n) is 1.09. The molecule has 13 heavy (non-hydrogen) atoms. The van der Waals surface area contributed by atoms with Crippen LogP contribution in [0.1, 0.15) is 18.3 Å². The molecule has 1 aromatic rings. The molecule has 1 heterocycles. The van der Waals surface area contributed by atoms with E-state index in [9.17, 15) is 0 Å². The van der Waals surface area contributed by atoms with E-state index in [-0.39, 0.29) is 6.61 Å². The van der Waals surface area contributed by atoms with Gasteiger partial charge in [0.05, 0.1) is 5.69 Å². The number of hydrogen-bond acceptors (Lipinski definition) is 3. The first-order valence-electron chi connectivity index (χ1n) is 4.24. The molecule has 0 aliphatic rings. The molecule has 0 N–H and O–H groups in total. The summed E-state index contributed by atoms with van der Waals surface area (Å²) in [6.07, 6.45) is 0.822. The summed E-state index contributed by atoms with van der Waals surface area (Å²) >= 11 is 0. The van der Waals surface area contributed by atoms with Gasteiger partial charge in [-0.3, -0.25) is 4.98 Å². The van der Waals surface area contributed by atoms with Gasteiger partial charge in [0.1, 0.15) is 11.8 Å². The smallest absolute Gasteiger partial charge is 0.174 e. The molecule has 0 saturated heterocycles. The third-order valence-corrected chi connectivity index (χ3v) is 1.70. The Kier molecular flexibility index (Phi) is 3.27. The van der Waals surface area contributed by atoms with Gasteiger partial charge in [-0.05, 0) is 25.5 Å². The highest BCUT2D eigenvalue weighted by Crippen LogP contribution is 2.16. The molecule has 0 bridgehead atoms. The van der Waals surface area contributed by atoms with Crippen LogP contribution in [0.15, 0.2) is 12.1 Å². The second-order valence-electron chi connectivity index (χ2n) is 2.70. The Morgan fingerprint density at radius 1 is 1.54 bits per heavy atom. The van der Waals surface area contributed by atoms with Gasteiger partial charge in [0.15, 0.2) is 6.61 Å². The van der Waals surface area contributed by atoms with E-state index in [1.807, 2.05) is 32.0 Å². The number of aromatic nitrogens is 1. The maximum Gasteiger partial charge on any atom is 0.174 e. The second-order valence-corrected chi connectivity index (χ2v) is 2.70. The summed E-state index contributed by atoms with van der Waals surface area (Å²) in [7, 11) is 0. The van der Waals surface area contributed by atoms with Gasteiger partial charge in [0, 0.05) is 5.69 Å². The van der Waals surface area contributed by atoms with Crippen molar-refractivity contribution in [2.75, 3.05) is 6.61 Å². The first-order valence-corrected chi connectivity index (χ1v) is 4.24. The van der Waals surface area contributed by atoms with Gasteiger partial charge in [-0.15, -0.1) is 0 Å². The van der Waals surface area contributed by atoms with Crippen molar-refractivity contribution in [2.45, 2.75) is 20.3 Å². The predicted molar refractivity (Wildman–Crippen MR) is 49.5 cm³/mol. The molecular weight excluding hydrogens is 164 g/mol. The number of nitrogens with zero attached hydrogens (tertiary/aromatic N) is 2. The zero-order chi connectivity index (χ0) is 9.68. The van der Waals surface area contributed by atoms with Crippen LogP contribution in [0.4, 0.5) is 0 Å². The standard InChI is InChI=1S/C10H12N2O/c1-3-9-10(13-7-6-11)5-4-8(2)12-9/h4-5H,3,7H2,1-2H3. The van der Waals surface area contributed by atoms with Crippen LogP contribution in [0.2, 0.25) is 0 Å². The Balaban J connectivity index is 2.87. The normalized spacial score (nSPS) is 9.31. The molecule has 0 fully saturated rings. The average Bonchev–Trinajstić information content (AvgIpc) is 2.16. The van der Waals surface area contributed by atoms with Gasteiger partial charge >= 0.3 is 0 Å². The molecule has 3 nitrogen and oxygen atoms in total. The monoisotopic (exact) mass is 176 g/mol.